The van der Waals surface area contributed by atoms with Crippen LogP contribution in [0.15, 0.2) is 30.5 Å². The second-order valence-electron chi connectivity index (χ2n) is 4.49. The molecule has 0 radical (unpaired) electrons. The molecule has 0 bridgehead atoms. The third-order valence-corrected chi connectivity index (χ3v) is 3.16. The van der Waals surface area contributed by atoms with Gasteiger partial charge in [0.15, 0.2) is 0 Å². The molecule has 19 heavy (non-hydrogen) atoms. The lowest BCUT2D eigenvalue weighted by Gasteiger charge is -2.09. The van der Waals surface area contributed by atoms with E-state index in [9.17, 15) is 4.79 Å². The summed E-state index contributed by atoms with van der Waals surface area (Å²) in [7, 11) is 1.88. The summed E-state index contributed by atoms with van der Waals surface area (Å²) in [4.78, 5) is 12.0. The zero-order chi connectivity index (χ0) is 13.8. The molecule has 0 aliphatic heterocycles. The highest BCUT2D eigenvalue weighted by molar-refractivity contribution is 5.99. The van der Waals surface area contributed by atoms with Crippen molar-refractivity contribution in [1.29, 1.82) is 0 Å². The Bertz CT molecular complexity index is 589. The van der Waals surface area contributed by atoms with Gasteiger partial charge in [0.25, 0.3) is 5.91 Å². The Morgan fingerprint density at radius 2 is 2.21 bits per heavy atom. The zero-order valence-electron chi connectivity index (χ0n) is 11.2. The van der Waals surface area contributed by atoms with Crippen LogP contribution in [0.1, 0.15) is 21.6 Å². The zero-order valence-corrected chi connectivity index (χ0v) is 11.2. The molecule has 5 nitrogen and oxygen atoms in total. The number of carbonyl (C=O) groups excluding carboxylic acids is 1. The van der Waals surface area contributed by atoms with Gasteiger partial charge in [-0.25, -0.2) is 0 Å². The van der Waals surface area contributed by atoms with Gasteiger partial charge in [0, 0.05) is 37.6 Å². The summed E-state index contributed by atoms with van der Waals surface area (Å²) in [6.45, 7) is 2.45. The van der Waals surface area contributed by atoms with E-state index in [4.69, 9.17) is 5.73 Å². The van der Waals surface area contributed by atoms with Crippen molar-refractivity contribution in [1.82, 2.24) is 15.1 Å². The van der Waals surface area contributed by atoms with Gasteiger partial charge < -0.3 is 11.1 Å². The highest BCUT2D eigenvalue weighted by atomic mass is 16.1. The van der Waals surface area contributed by atoms with Gasteiger partial charge in [0.1, 0.15) is 0 Å². The summed E-state index contributed by atoms with van der Waals surface area (Å²) >= 11 is 0. The van der Waals surface area contributed by atoms with Crippen LogP contribution in [-0.2, 0) is 13.5 Å². The number of nitrogens with zero attached hydrogens (tertiary/aromatic N) is 2. The summed E-state index contributed by atoms with van der Waals surface area (Å²) in [6.07, 6.45) is 2.49. The number of hydrogen-bond acceptors (Lipinski definition) is 3. The first kappa shape index (κ1) is 13.1. The van der Waals surface area contributed by atoms with Crippen molar-refractivity contribution in [2.24, 2.45) is 7.05 Å². The number of benzene rings is 1. The molecule has 0 unspecified atom stereocenters. The van der Waals surface area contributed by atoms with Crippen LogP contribution in [-0.4, -0.2) is 22.2 Å². The molecule has 1 aromatic heterocycles. The lowest BCUT2D eigenvalue weighted by Crippen LogP contribution is -2.27. The van der Waals surface area contributed by atoms with E-state index in [1.807, 2.05) is 32.2 Å². The fourth-order valence-electron chi connectivity index (χ4n) is 1.92. The van der Waals surface area contributed by atoms with Crippen LogP contribution < -0.4 is 11.1 Å². The number of carbonyl (C=O) groups is 1. The van der Waals surface area contributed by atoms with Crippen LogP contribution in [0.3, 0.4) is 0 Å². The molecule has 0 aliphatic rings. The maximum absolute atomic E-state index is 12.0. The van der Waals surface area contributed by atoms with Gasteiger partial charge in [0.2, 0.25) is 0 Å². The molecule has 0 atom stereocenters. The van der Waals surface area contributed by atoms with Gasteiger partial charge >= 0.3 is 0 Å². The smallest absolute Gasteiger partial charge is 0.253 e. The van der Waals surface area contributed by atoms with Crippen LogP contribution in [0, 0.1) is 6.92 Å². The normalized spacial score (nSPS) is 10.4. The molecule has 100 valence electrons. The second-order valence-corrected chi connectivity index (χ2v) is 4.49. The number of nitrogen functional groups attached to an aromatic ring is 1. The van der Waals surface area contributed by atoms with Gasteiger partial charge in [-0.3, -0.25) is 9.48 Å². The quantitative estimate of drug-likeness (QED) is 0.811. The number of hydrogen-bond donors (Lipinski definition) is 2. The number of para-hydroxylation sites is 1. The highest BCUT2D eigenvalue weighted by Gasteiger charge is 2.10. The van der Waals surface area contributed by atoms with Crippen molar-refractivity contribution in [2.75, 3.05) is 12.3 Å². The van der Waals surface area contributed by atoms with Crippen molar-refractivity contribution >= 4 is 11.6 Å². The Morgan fingerprint density at radius 1 is 1.42 bits per heavy atom. The van der Waals surface area contributed by atoms with Crippen molar-refractivity contribution < 1.29 is 4.79 Å². The fourth-order valence-corrected chi connectivity index (χ4v) is 1.92. The van der Waals surface area contributed by atoms with Crippen molar-refractivity contribution in [3.05, 3.63) is 47.3 Å². The number of nitrogens with one attached hydrogen (secondary N) is 1. The van der Waals surface area contributed by atoms with Crippen LogP contribution in [0.5, 0.6) is 0 Å². The van der Waals surface area contributed by atoms with E-state index < -0.39 is 0 Å². The Labute approximate surface area is 112 Å². The van der Waals surface area contributed by atoms with E-state index in [1.165, 1.54) is 0 Å². The highest BCUT2D eigenvalue weighted by Crippen LogP contribution is 2.15. The van der Waals surface area contributed by atoms with Crippen molar-refractivity contribution in [2.45, 2.75) is 13.3 Å². The van der Waals surface area contributed by atoms with E-state index in [1.54, 1.807) is 16.9 Å². The number of amides is 1. The topological polar surface area (TPSA) is 72.9 Å². The van der Waals surface area contributed by atoms with Crippen LogP contribution in [0.4, 0.5) is 5.69 Å². The minimum atomic E-state index is -0.136. The lowest BCUT2D eigenvalue weighted by atomic mass is 10.1. The van der Waals surface area contributed by atoms with E-state index in [-0.39, 0.29) is 5.91 Å². The number of aryl methyl sites for hydroxylation is 2. The number of nitrogens with two attached hydrogens (primary N) is 1. The molecule has 3 N–H and O–H groups in total. The maximum atomic E-state index is 12.0. The molecule has 2 aromatic rings. The minimum absolute atomic E-state index is 0.136. The number of anilines is 1. The minimum Gasteiger partial charge on any atom is -0.398 e. The van der Waals surface area contributed by atoms with Crippen LogP contribution in [0.2, 0.25) is 0 Å². The average molecular weight is 258 g/mol. The van der Waals surface area contributed by atoms with Gasteiger partial charge in [0.05, 0.1) is 5.56 Å². The fraction of sp³-hybridized carbons (Fsp3) is 0.286. The van der Waals surface area contributed by atoms with Crippen LogP contribution in [0.25, 0.3) is 0 Å². The molecule has 0 saturated carbocycles. The summed E-state index contributed by atoms with van der Waals surface area (Å²) in [5.74, 6) is -0.136. The Morgan fingerprint density at radius 3 is 2.89 bits per heavy atom. The lowest BCUT2D eigenvalue weighted by molar-refractivity contribution is 0.0955. The molecule has 0 fully saturated rings. The molecule has 5 heteroatoms. The SMILES string of the molecule is Cc1cccc(C(=O)NCCc2ccnn2C)c1N. The molecule has 1 heterocycles. The second kappa shape index (κ2) is 5.56. The summed E-state index contributed by atoms with van der Waals surface area (Å²) in [5, 5.41) is 6.95. The molecular weight excluding hydrogens is 240 g/mol. The predicted molar refractivity (Wildman–Crippen MR) is 74.8 cm³/mol. The van der Waals surface area contributed by atoms with Gasteiger partial charge in [-0.1, -0.05) is 12.1 Å². The predicted octanol–water partition coefficient (Wildman–Crippen LogP) is 1.28. The Hall–Kier alpha value is -2.30. The molecule has 0 aliphatic carbocycles. The summed E-state index contributed by atoms with van der Waals surface area (Å²) in [6, 6.07) is 7.40. The van der Waals surface area contributed by atoms with Crippen molar-refractivity contribution in [3.63, 3.8) is 0 Å². The summed E-state index contributed by atoms with van der Waals surface area (Å²) in [5.41, 5.74) is 8.97. The molecule has 1 amide bonds. The van der Waals surface area contributed by atoms with E-state index >= 15 is 0 Å². The summed E-state index contributed by atoms with van der Waals surface area (Å²) < 4.78 is 1.80. The van der Waals surface area contributed by atoms with Gasteiger partial charge in [-0.05, 0) is 24.6 Å². The first-order valence-electron chi connectivity index (χ1n) is 6.19. The van der Waals surface area contributed by atoms with Gasteiger partial charge in [-0.2, -0.15) is 5.10 Å². The molecule has 1 aromatic carbocycles. The van der Waals surface area contributed by atoms with E-state index in [0.29, 0.717) is 17.8 Å². The van der Waals surface area contributed by atoms with Gasteiger partial charge in [-0.15, -0.1) is 0 Å². The Kier molecular flexibility index (Phi) is 3.85. The standard InChI is InChI=1S/C14H18N4O/c1-10-4-3-5-12(13(10)15)14(19)16-8-6-11-7-9-17-18(11)2/h3-5,7,9H,6,8,15H2,1-2H3,(H,16,19). The number of aromatic nitrogens is 2. The molecule has 0 spiro atoms. The first-order chi connectivity index (χ1) is 9.09. The number of rotatable bonds is 4. The largest absolute Gasteiger partial charge is 0.398 e. The van der Waals surface area contributed by atoms with E-state index in [2.05, 4.69) is 10.4 Å². The Balaban J connectivity index is 1.95. The van der Waals surface area contributed by atoms with E-state index in [0.717, 1.165) is 17.7 Å². The molecule has 2 rings (SSSR count). The van der Waals surface area contributed by atoms with Crippen molar-refractivity contribution in [3.8, 4) is 0 Å². The molecular formula is C14H18N4O. The maximum Gasteiger partial charge on any atom is 0.253 e. The third kappa shape index (κ3) is 2.93. The van der Waals surface area contributed by atoms with Crippen LogP contribution >= 0.6 is 0 Å². The first-order valence-corrected chi connectivity index (χ1v) is 6.19. The average Bonchev–Trinajstić information content (AvgIpc) is 2.78. The third-order valence-electron chi connectivity index (χ3n) is 3.16. The molecule has 0 saturated heterocycles. The monoisotopic (exact) mass is 258 g/mol.